The fraction of sp³-hybridized carbons (Fsp3) is 0.231. The lowest BCUT2D eigenvalue weighted by Crippen LogP contribution is -2.14. The van der Waals surface area contributed by atoms with Gasteiger partial charge in [0.15, 0.2) is 0 Å². The highest BCUT2D eigenvalue weighted by atomic mass is 15.1. The number of nitrogens with two attached hydrogens (primary N) is 1. The predicted octanol–water partition coefficient (Wildman–Crippen LogP) is 1.90. The first-order valence-electron chi connectivity index (χ1n) is 5.87. The smallest absolute Gasteiger partial charge is 0.135 e. The Balaban J connectivity index is 2.09. The van der Waals surface area contributed by atoms with E-state index in [1.165, 1.54) is 11.9 Å². The van der Waals surface area contributed by atoms with E-state index in [1.54, 1.807) is 0 Å². The molecule has 5 nitrogen and oxygen atoms in total. The van der Waals surface area contributed by atoms with E-state index in [9.17, 15) is 0 Å². The Morgan fingerprint density at radius 1 is 1.17 bits per heavy atom. The highest BCUT2D eigenvalue weighted by Crippen LogP contribution is 2.16. The van der Waals surface area contributed by atoms with Crippen LogP contribution < -0.4 is 16.4 Å². The minimum Gasteiger partial charge on any atom is -0.369 e. The van der Waals surface area contributed by atoms with Gasteiger partial charge in [-0.05, 0) is 24.6 Å². The molecule has 2 aromatic rings. The second-order valence-electron chi connectivity index (χ2n) is 4.00. The van der Waals surface area contributed by atoms with Gasteiger partial charge in [0, 0.05) is 24.8 Å². The Labute approximate surface area is 106 Å². The van der Waals surface area contributed by atoms with Crippen LogP contribution >= 0.6 is 0 Å². The first-order valence-corrected chi connectivity index (χ1v) is 5.87. The van der Waals surface area contributed by atoms with E-state index in [4.69, 9.17) is 5.73 Å². The van der Waals surface area contributed by atoms with Crippen LogP contribution in [0.2, 0.25) is 0 Å². The van der Waals surface area contributed by atoms with Gasteiger partial charge in [-0.3, -0.25) is 0 Å². The molecule has 0 amide bonds. The molecular weight excluding hydrogens is 226 g/mol. The van der Waals surface area contributed by atoms with Gasteiger partial charge < -0.3 is 16.4 Å². The fourth-order valence-corrected chi connectivity index (χ4v) is 1.59. The van der Waals surface area contributed by atoms with E-state index >= 15 is 0 Å². The normalized spacial score (nSPS) is 10.1. The van der Waals surface area contributed by atoms with Gasteiger partial charge in [0.2, 0.25) is 0 Å². The van der Waals surface area contributed by atoms with Crippen LogP contribution in [0, 0.1) is 6.92 Å². The maximum Gasteiger partial charge on any atom is 0.135 e. The summed E-state index contributed by atoms with van der Waals surface area (Å²) in [5.74, 6) is 1.53. The SMILES string of the molecule is Cc1cccc(Nc2cc(NCCN)ncn2)c1. The summed E-state index contributed by atoms with van der Waals surface area (Å²) >= 11 is 0. The number of anilines is 3. The van der Waals surface area contributed by atoms with E-state index in [2.05, 4.69) is 39.7 Å². The highest BCUT2D eigenvalue weighted by molar-refractivity contribution is 5.59. The number of rotatable bonds is 5. The fourth-order valence-electron chi connectivity index (χ4n) is 1.59. The zero-order chi connectivity index (χ0) is 12.8. The largest absolute Gasteiger partial charge is 0.369 e. The lowest BCUT2D eigenvalue weighted by molar-refractivity contribution is 1.00. The van der Waals surface area contributed by atoms with Crippen LogP contribution in [0.5, 0.6) is 0 Å². The van der Waals surface area contributed by atoms with Gasteiger partial charge in [-0.2, -0.15) is 0 Å². The summed E-state index contributed by atoms with van der Waals surface area (Å²) in [6.45, 7) is 3.32. The minimum atomic E-state index is 0.574. The molecule has 1 aromatic heterocycles. The average molecular weight is 243 g/mol. The van der Waals surface area contributed by atoms with Crippen molar-refractivity contribution in [1.82, 2.24) is 9.97 Å². The molecular formula is C13H17N5. The number of aromatic nitrogens is 2. The van der Waals surface area contributed by atoms with Crippen molar-refractivity contribution in [3.8, 4) is 0 Å². The van der Waals surface area contributed by atoms with Gasteiger partial charge in [0.05, 0.1) is 0 Å². The van der Waals surface area contributed by atoms with Gasteiger partial charge >= 0.3 is 0 Å². The van der Waals surface area contributed by atoms with Crippen molar-refractivity contribution in [2.24, 2.45) is 5.73 Å². The lowest BCUT2D eigenvalue weighted by Gasteiger charge is -2.08. The first-order chi connectivity index (χ1) is 8.78. The minimum absolute atomic E-state index is 0.574. The molecule has 0 saturated carbocycles. The summed E-state index contributed by atoms with van der Waals surface area (Å²) in [4.78, 5) is 8.30. The van der Waals surface area contributed by atoms with Crippen molar-refractivity contribution < 1.29 is 0 Å². The molecule has 0 radical (unpaired) electrons. The third-order valence-corrected chi connectivity index (χ3v) is 2.41. The van der Waals surface area contributed by atoms with E-state index < -0.39 is 0 Å². The Kier molecular flexibility index (Phi) is 4.09. The summed E-state index contributed by atoms with van der Waals surface area (Å²) in [6.07, 6.45) is 1.52. The molecule has 0 unspecified atom stereocenters. The van der Waals surface area contributed by atoms with Crippen LogP contribution in [0.1, 0.15) is 5.56 Å². The summed E-state index contributed by atoms with van der Waals surface area (Å²) in [5, 5.41) is 6.35. The summed E-state index contributed by atoms with van der Waals surface area (Å²) in [6, 6.07) is 9.99. The number of nitrogens with zero attached hydrogens (tertiary/aromatic N) is 2. The third-order valence-electron chi connectivity index (χ3n) is 2.41. The molecule has 5 heteroatoms. The van der Waals surface area contributed by atoms with Crippen LogP contribution in [0.15, 0.2) is 36.7 Å². The number of hydrogen-bond donors (Lipinski definition) is 3. The van der Waals surface area contributed by atoms with Gasteiger partial charge in [0.25, 0.3) is 0 Å². The topological polar surface area (TPSA) is 75.9 Å². The predicted molar refractivity (Wildman–Crippen MR) is 74.0 cm³/mol. The Hall–Kier alpha value is -2.14. The van der Waals surface area contributed by atoms with Gasteiger partial charge in [-0.25, -0.2) is 9.97 Å². The molecule has 0 spiro atoms. The zero-order valence-electron chi connectivity index (χ0n) is 10.4. The van der Waals surface area contributed by atoms with E-state index in [0.29, 0.717) is 13.1 Å². The molecule has 0 aliphatic rings. The van der Waals surface area contributed by atoms with E-state index in [0.717, 1.165) is 17.3 Å². The Morgan fingerprint density at radius 3 is 2.78 bits per heavy atom. The van der Waals surface area contributed by atoms with Crippen LogP contribution in [0.25, 0.3) is 0 Å². The molecule has 1 heterocycles. The molecule has 1 aromatic carbocycles. The van der Waals surface area contributed by atoms with Gasteiger partial charge in [0.1, 0.15) is 18.0 Å². The Morgan fingerprint density at radius 2 is 2.00 bits per heavy atom. The lowest BCUT2D eigenvalue weighted by atomic mass is 10.2. The number of aryl methyl sites for hydroxylation is 1. The molecule has 0 atom stereocenters. The second-order valence-corrected chi connectivity index (χ2v) is 4.00. The van der Waals surface area contributed by atoms with E-state index in [1.807, 2.05) is 18.2 Å². The van der Waals surface area contributed by atoms with Crippen molar-refractivity contribution in [1.29, 1.82) is 0 Å². The first kappa shape index (κ1) is 12.3. The van der Waals surface area contributed by atoms with Crippen LogP contribution in [0.3, 0.4) is 0 Å². The molecule has 0 aliphatic carbocycles. The summed E-state index contributed by atoms with van der Waals surface area (Å²) < 4.78 is 0. The van der Waals surface area contributed by atoms with Crippen molar-refractivity contribution in [3.05, 3.63) is 42.2 Å². The van der Waals surface area contributed by atoms with Gasteiger partial charge in [-0.15, -0.1) is 0 Å². The Bertz CT molecular complexity index is 512. The van der Waals surface area contributed by atoms with Crippen molar-refractivity contribution in [3.63, 3.8) is 0 Å². The molecule has 0 fully saturated rings. The van der Waals surface area contributed by atoms with Crippen molar-refractivity contribution in [2.75, 3.05) is 23.7 Å². The highest BCUT2D eigenvalue weighted by Gasteiger charge is 1.99. The number of hydrogen-bond acceptors (Lipinski definition) is 5. The molecule has 94 valence electrons. The molecule has 0 saturated heterocycles. The standard InChI is InChI=1S/C13H17N5/c1-10-3-2-4-11(7-10)18-13-8-12(15-6-5-14)16-9-17-13/h2-4,7-9H,5-6,14H2,1H3,(H2,15,16,17,18). The molecule has 4 N–H and O–H groups in total. The second kappa shape index (κ2) is 5.97. The summed E-state index contributed by atoms with van der Waals surface area (Å²) in [7, 11) is 0. The van der Waals surface area contributed by atoms with Gasteiger partial charge in [-0.1, -0.05) is 12.1 Å². The zero-order valence-corrected chi connectivity index (χ0v) is 10.4. The quantitative estimate of drug-likeness (QED) is 0.747. The molecule has 0 bridgehead atoms. The maximum absolute atomic E-state index is 5.43. The number of nitrogens with one attached hydrogen (secondary N) is 2. The molecule has 2 rings (SSSR count). The number of benzene rings is 1. The van der Waals surface area contributed by atoms with E-state index in [-0.39, 0.29) is 0 Å². The maximum atomic E-state index is 5.43. The average Bonchev–Trinajstić information content (AvgIpc) is 2.37. The molecule has 18 heavy (non-hydrogen) atoms. The molecule has 0 aliphatic heterocycles. The third kappa shape index (κ3) is 3.43. The monoisotopic (exact) mass is 243 g/mol. The van der Waals surface area contributed by atoms with Crippen LogP contribution in [-0.2, 0) is 0 Å². The van der Waals surface area contributed by atoms with Crippen molar-refractivity contribution >= 4 is 17.3 Å². The van der Waals surface area contributed by atoms with Crippen LogP contribution in [-0.4, -0.2) is 23.1 Å². The summed E-state index contributed by atoms with van der Waals surface area (Å²) in [5.41, 5.74) is 7.65. The van der Waals surface area contributed by atoms with Crippen LogP contribution in [0.4, 0.5) is 17.3 Å². The van der Waals surface area contributed by atoms with Crippen molar-refractivity contribution in [2.45, 2.75) is 6.92 Å².